The number of fused-ring (bicyclic) bond motifs is 1. The molecule has 2 rings (SSSR count). The summed E-state index contributed by atoms with van der Waals surface area (Å²) in [4.78, 5) is 2.58. The van der Waals surface area contributed by atoms with Crippen molar-refractivity contribution in [1.29, 1.82) is 0 Å². The summed E-state index contributed by atoms with van der Waals surface area (Å²) in [7, 11) is 0. The molecule has 2 heterocycles. The molecular formula is C11H22N2O2. The number of nitrogens with zero attached hydrogens (tertiary/aromatic N) is 1. The molecule has 3 unspecified atom stereocenters. The van der Waals surface area contributed by atoms with Crippen LogP contribution in [0.1, 0.15) is 25.7 Å². The molecule has 0 saturated carbocycles. The van der Waals surface area contributed by atoms with Gasteiger partial charge in [-0.1, -0.05) is 0 Å². The first-order chi connectivity index (χ1) is 7.29. The van der Waals surface area contributed by atoms with Crippen LogP contribution in [0.25, 0.3) is 0 Å². The van der Waals surface area contributed by atoms with E-state index in [9.17, 15) is 5.11 Å². The topological polar surface area (TPSA) is 55.7 Å². The average molecular weight is 214 g/mol. The molecule has 0 aromatic rings. The van der Waals surface area contributed by atoms with E-state index in [2.05, 4.69) is 10.2 Å². The number of piperidine rings is 1. The van der Waals surface area contributed by atoms with Crippen molar-refractivity contribution in [3.63, 3.8) is 0 Å². The zero-order chi connectivity index (χ0) is 10.7. The summed E-state index contributed by atoms with van der Waals surface area (Å²) in [6.07, 6.45) is 4.45. The maximum Gasteiger partial charge on any atom is 0.0895 e. The van der Waals surface area contributed by atoms with Gasteiger partial charge in [0.2, 0.25) is 0 Å². The Kier molecular flexibility index (Phi) is 3.97. The SMILES string of the molecule is OCC(O)CNC1CCN2CCCC2C1. The highest BCUT2D eigenvalue weighted by Crippen LogP contribution is 2.26. The minimum Gasteiger partial charge on any atom is -0.394 e. The Morgan fingerprint density at radius 1 is 1.33 bits per heavy atom. The van der Waals surface area contributed by atoms with E-state index in [-0.39, 0.29) is 6.61 Å². The minimum absolute atomic E-state index is 0.144. The number of hydrogen-bond donors (Lipinski definition) is 3. The Bertz CT molecular complexity index is 201. The largest absolute Gasteiger partial charge is 0.394 e. The van der Waals surface area contributed by atoms with Gasteiger partial charge in [-0.15, -0.1) is 0 Å². The molecule has 4 heteroatoms. The van der Waals surface area contributed by atoms with E-state index in [4.69, 9.17) is 5.11 Å². The first kappa shape index (κ1) is 11.3. The van der Waals surface area contributed by atoms with Crippen molar-refractivity contribution in [1.82, 2.24) is 10.2 Å². The van der Waals surface area contributed by atoms with E-state index in [1.54, 1.807) is 0 Å². The maximum absolute atomic E-state index is 9.25. The fourth-order valence-corrected chi connectivity index (χ4v) is 2.78. The minimum atomic E-state index is -0.605. The number of hydrogen-bond acceptors (Lipinski definition) is 4. The third-order valence-corrected chi connectivity index (χ3v) is 3.67. The van der Waals surface area contributed by atoms with E-state index in [1.165, 1.54) is 38.8 Å². The van der Waals surface area contributed by atoms with Crippen LogP contribution in [0, 0.1) is 0 Å². The van der Waals surface area contributed by atoms with Crippen LogP contribution in [0.4, 0.5) is 0 Å². The van der Waals surface area contributed by atoms with Gasteiger partial charge >= 0.3 is 0 Å². The molecule has 15 heavy (non-hydrogen) atoms. The predicted molar refractivity (Wildman–Crippen MR) is 58.7 cm³/mol. The molecule has 4 nitrogen and oxygen atoms in total. The third kappa shape index (κ3) is 2.91. The molecule has 2 fully saturated rings. The molecule has 3 atom stereocenters. The molecule has 88 valence electrons. The smallest absolute Gasteiger partial charge is 0.0895 e. The van der Waals surface area contributed by atoms with E-state index in [1.807, 2.05) is 0 Å². The van der Waals surface area contributed by atoms with E-state index in [0.717, 1.165) is 6.04 Å². The number of rotatable bonds is 4. The lowest BCUT2D eigenvalue weighted by atomic mass is 9.97. The molecule has 0 radical (unpaired) electrons. The average Bonchev–Trinajstić information content (AvgIpc) is 2.72. The van der Waals surface area contributed by atoms with Gasteiger partial charge < -0.3 is 20.4 Å². The van der Waals surface area contributed by atoms with Gasteiger partial charge in [0.05, 0.1) is 12.7 Å². The summed E-state index contributed by atoms with van der Waals surface area (Å²) in [5.74, 6) is 0. The molecule has 0 aliphatic carbocycles. The Labute approximate surface area is 91.3 Å². The molecule has 3 N–H and O–H groups in total. The van der Waals surface area contributed by atoms with Crippen molar-refractivity contribution >= 4 is 0 Å². The van der Waals surface area contributed by atoms with Gasteiger partial charge in [-0.3, -0.25) is 0 Å². The second-order valence-corrected chi connectivity index (χ2v) is 4.80. The van der Waals surface area contributed by atoms with Crippen LogP contribution < -0.4 is 5.32 Å². The van der Waals surface area contributed by atoms with Crippen LogP contribution in [0.2, 0.25) is 0 Å². The number of aliphatic hydroxyl groups is 2. The monoisotopic (exact) mass is 214 g/mol. The molecule has 0 amide bonds. The van der Waals surface area contributed by atoms with E-state index in [0.29, 0.717) is 12.6 Å². The normalized spacial score (nSPS) is 34.0. The summed E-state index contributed by atoms with van der Waals surface area (Å²) in [6, 6.07) is 1.30. The Morgan fingerprint density at radius 3 is 3.00 bits per heavy atom. The molecule has 2 aliphatic heterocycles. The van der Waals surface area contributed by atoms with Crippen LogP contribution in [0.5, 0.6) is 0 Å². The second-order valence-electron chi connectivity index (χ2n) is 4.80. The summed E-state index contributed by atoms with van der Waals surface area (Å²) in [5.41, 5.74) is 0. The van der Waals surface area contributed by atoms with Crippen molar-refractivity contribution in [2.45, 2.75) is 43.9 Å². The first-order valence-electron chi connectivity index (χ1n) is 6.06. The molecule has 2 saturated heterocycles. The molecule has 0 aromatic heterocycles. The zero-order valence-corrected chi connectivity index (χ0v) is 9.23. The van der Waals surface area contributed by atoms with Gasteiger partial charge in [0.25, 0.3) is 0 Å². The van der Waals surface area contributed by atoms with Crippen LogP contribution in [-0.4, -0.2) is 59.5 Å². The van der Waals surface area contributed by atoms with Crippen molar-refractivity contribution < 1.29 is 10.2 Å². The quantitative estimate of drug-likeness (QED) is 0.594. The summed E-state index contributed by atoms with van der Waals surface area (Å²) >= 11 is 0. The lowest BCUT2D eigenvalue weighted by molar-refractivity contribution is 0.0853. The van der Waals surface area contributed by atoms with Crippen LogP contribution in [0.15, 0.2) is 0 Å². The standard InChI is InChI=1S/C11H22N2O2/c14-8-11(15)7-12-9-3-5-13-4-1-2-10(13)6-9/h9-12,14-15H,1-8H2. The number of nitrogens with one attached hydrogen (secondary N) is 1. The van der Waals surface area contributed by atoms with Gasteiger partial charge in [-0.05, 0) is 38.8 Å². The lowest BCUT2D eigenvalue weighted by Gasteiger charge is -2.35. The molecule has 0 aromatic carbocycles. The molecule has 0 spiro atoms. The van der Waals surface area contributed by atoms with E-state index < -0.39 is 6.10 Å². The third-order valence-electron chi connectivity index (χ3n) is 3.67. The van der Waals surface area contributed by atoms with E-state index >= 15 is 0 Å². The van der Waals surface area contributed by atoms with Crippen molar-refractivity contribution in [3.8, 4) is 0 Å². The first-order valence-corrected chi connectivity index (χ1v) is 6.06. The Hall–Kier alpha value is -0.160. The molecule has 2 aliphatic rings. The van der Waals surface area contributed by atoms with Crippen molar-refractivity contribution in [3.05, 3.63) is 0 Å². The van der Waals surface area contributed by atoms with Gasteiger partial charge in [-0.25, -0.2) is 0 Å². The highest BCUT2D eigenvalue weighted by molar-refractivity contribution is 4.89. The zero-order valence-electron chi connectivity index (χ0n) is 9.23. The van der Waals surface area contributed by atoms with Crippen LogP contribution >= 0.6 is 0 Å². The molecular weight excluding hydrogens is 192 g/mol. The van der Waals surface area contributed by atoms with Gasteiger partial charge in [0.1, 0.15) is 0 Å². The highest BCUT2D eigenvalue weighted by atomic mass is 16.3. The van der Waals surface area contributed by atoms with Crippen LogP contribution in [0.3, 0.4) is 0 Å². The highest BCUT2D eigenvalue weighted by Gasteiger charge is 2.31. The lowest BCUT2D eigenvalue weighted by Crippen LogP contribution is -2.47. The van der Waals surface area contributed by atoms with Crippen LogP contribution in [-0.2, 0) is 0 Å². The Balaban J connectivity index is 1.71. The molecule has 0 bridgehead atoms. The number of aliphatic hydroxyl groups excluding tert-OH is 2. The van der Waals surface area contributed by atoms with Crippen molar-refractivity contribution in [2.24, 2.45) is 0 Å². The summed E-state index contributed by atoms with van der Waals surface area (Å²) < 4.78 is 0. The Morgan fingerprint density at radius 2 is 2.20 bits per heavy atom. The van der Waals surface area contributed by atoms with Gasteiger partial charge in [0.15, 0.2) is 0 Å². The maximum atomic E-state index is 9.25. The fourth-order valence-electron chi connectivity index (χ4n) is 2.78. The summed E-state index contributed by atoms with van der Waals surface area (Å²) in [5, 5.41) is 21.3. The second kappa shape index (κ2) is 5.25. The summed E-state index contributed by atoms with van der Waals surface area (Å²) in [6.45, 7) is 2.84. The fraction of sp³-hybridized carbons (Fsp3) is 1.00. The van der Waals surface area contributed by atoms with Gasteiger partial charge in [0, 0.05) is 18.6 Å². The van der Waals surface area contributed by atoms with Gasteiger partial charge in [-0.2, -0.15) is 0 Å². The predicted octanol–water partition coefficient (Wildman–Crippen LogP) is -0.444. The van der Waals surface area contributed by atoms with Crippen molar-refractivity contribution in [2.75, 3.05) is 26.2 Å².